The topological polar surface area (TPSA) is 101 Å². The normalized spacial score (nSPS) is 10.0. The zero-order valence-electron chi connectivity index (χ0n) is 12.7. The highest BCUT2D eigenvalue weighted by molar-refractivity contribution is 6.00. The average Bonchev–Trinajstić information content (AvgIpc) is 3.13. The molecule has 1 heterocycles. The zero-order chi connectivity index (χ0) is 16.9. The van der Waals surface area contributed by atoms with Crippen molar-refractivity contribution in [1.82, 2.24) is 10.2 Å². The molecule has 1 amide bonds. The van der Waals surface area contributed by atoms with Crippen LogP contribution in [0.4, 0.5) is 5.69 Å². The lowest BCUT2D eigenvalue weighted by atomic mass is 10.2. The molecule has 2 aromatic carbocycles. The summed E-state index contributed by atoms with van der Waals surface area (Å²) in [4.78, 5) is 12.1. The minimum Gasteiger partial charge on any atom is -0.497 e. The minimum absolute atomic E-state index is 0.155. The average molecular weight is 320 g/mol. The van der Waals surface area contributed by atoms with Crippen molar-refractivity contribution in [3.63, 3.8) is 0 Å². The standard InChI is InChI=1S/C17H12N4O3/c1-23-14-4-2-3-12(9-14)16-20-21-17(24-16)15(22)19-13-7-5-11(10-18)6-8-13/h2-9H,1H3,(H,19,22). The number of benzene rings is 2. The van der Waals surface area contributed by atoms with Crippen molar-refractivity contribution in [2.45, 2.75) is 0 Å². The van der Waals surface area contributed by atoms with Gasteiger partial charge in [0.25, 0.3) is 0 Å². The second kappa shape index (κ2) is 6.62. The van der Waals surface area contributed by atoms with Gasteiger partial charge in [-0.15, -0.1) is 10.2 Å². The number of rotatable bonds is 4. The molecule has 1 aromatic heterocycles. The van der Waals surface area contributed by atoms with Crippen molar-refractivity contribution in [1.29, 1.82) is 5.26 Å². The van der Waals surface area contributed by atoms with Gasteiger partial charge in [-0.3, -0.25) is 4.79 Å². The van der Waals surface area contributed by atoms with E-state index in [-0.39, 0.29) is 11.8 Å². The van der Waals surface area contributed by atoms with Crippen molar-refractivity contribution in [2.24, 2.45) is 0 Å². The molecule has 3 aromatic rings. The van der Waals surface area contributed by atoms with Crippen LogP contribution in [0.1, 0.15) is 16.2 Å². The number of anilines is 1. The van der Waals surface area contributed by atoms with Gasteiger partial charge in [0.1, 0.15) is 5.75 Å². The molecule has 0 unspecified atom stereocenters. The lowest BCUT2D eigenvalue weighted by Crippen LogP contribution is -2.12. The van der Waals surface area contributed by atoms with E-state index in [1.165, 1.54) is 0 Å². The van der Waals surface area contributed by atoms with Gasteiger partial charge in [-0.2, -0.15) is 5.26 Å². The molecule has 3 rings (SSSR count). The molecule has 0 saturated heterocycles. The van der Waals surface area contributed by atoms with E-state index in [2.05, 4.69) is 15.5 Å². The number of ether oxygens (including phenoxy) is 1. The van der Waals surface area contributed by atoms with E-state index in [0.29, 0.717) is 22.6 Å². The Hall–Kier alpha value is -3.66. The van der Waals surface area contributed by atoms with E-state index in [0.717, 1.165) is 0 Å². The first-order chi connectivity index (χ1) is 11.7. The Kier molecular flexibility index (Phi) is 4.21. The van der Waals surface area contributed by atoms with Crippen molar-refractivity contribution < 1.29 is 13.9 Å². The first-order valence-electron chi connectivity index (χ1n) is 6.99. The maximum Gasteiger partial charge on any atom is 0.313 e. The van der Waals surface area contributed by atoms with Gasteiger partial charge in [-0.25, -0.2) is 0 Å². The number of nitrogens with one attached hydrogen (secondary N) is 1. The SMILES string of the molecule is COc1cccc(-c2nnc(C(=O)Nc3ccc(C#N)cc3)o2)c1. The number of nitrogens with zero attached hydrogens (tertiary/aromatic N) is 3. The molecule has 0 radical (unpaired) electrons. The molecule has 0 aliphatic rings. The van der Waals surface area contributed by atoms with Gasteiger partial charge in [0.05, 0.1) is 18.7 Å². The number of carbonyl (C=O) groups excluding carboxylic acids is 1. The van der Waals surface area contributed by atoms with Gasteiger partial charge < -0.3 is 14.5 Å². The Morgan fingerprint density at radius 3 is 2.71 bits per heavy atom. The zero-order valence-corrected chi connectivity index (χ0v) is 12.7. The highest BCUT2D eigenvalue weighted by atomic mass is 16.5. The number of carbonyl (C=O) groups is 1. The summed E-state index contributed by atoms with van der Waals surface area (Å²) in [6.07, 6.45) is 0. The fourth-order valence-electron chi connectivity index (χ4n) is 2.00. The third-order valence-electron chi connectivity index (χ3n) is 3.21. The third-order valence-corrected chi connectivity index (χ3v) is 3.21. The van der Waals surface area contributed by atoms with Crippen LogP contribution in [-0.4, -0.2) is 23.2 Å². The molecule has 7 heteroatoms. The molecule has 118 valence electrons. The van der Waals surface area contributed by atoms with Crippen molar-refractivity contribution in [3.8, 4) is 23.3 Å². The number of aromatic nitrogens is 2. The van der Waals surface area contributed by atoms with E-state index in [4.69, 9.17) is 14.4 Å². The van der Waals surface area contributed by atoms with Crippen LogP contribution in [0, 0.1) is 11.3 Å². The molecule has 0 aliphatic heterocycles. The van der Waals surface area contributed by atoms with Gasteiger partial charge in [0, 0.05) is 11.3 Å². The first kappa shape index (κ1) is 15.2. The largest absolute Gasteiger partial charge is 0.497 e. The van der Waals surface area contributed by atoms with E-state index in [1.807, 2.05) is 6.07 Å². The van der Waals surface area contributed by atoms with Gasteiger partial charge in [0.2, 0.25) is 5.89 Å². The number of hydrogen-bond donors (Lipinski definition) is 1. The molecule has 7 nitrogen and oxygen atoms in total. The highest BCUT2D eigenvalue weighted by Crippen LogP contribution is 2.22. The summed E-state index contributed by atoms with van der Waals surface area (Å²) >= 11 is 0. The molecular weight excluding hydrogens is 308 g/mol. The molecule has 0 spiro atoms. The maximum atomic E-state index is 12.1. The molecule has 24 heavy (non-hydrogen) atoms. The Morgan fingerprint density at radius 1 is 1.21 bits per heavy atom. The van der Waals surface area contributed by atoms with Gasteiger partial charge in [-0.05, 0) is 42.5 Å². The van der Waals surface area contributed by atoms with E-state index in [9.17, 15) is 4.79 Å². The summed E-state index contributed by atoms with van der Waals surface area (Å²) in [5, 5.41) is 19.0. The Bertz CT molecular complexity index is 910. The molecule has 0 fully saturated rings. The summed E-state index contributed by atoms with van der Waals surface area (Å²) in [7, 11) is 1.56. The van der Waals surface area contributed by atoms with Crippen LogP contribution >= 0.6 is 0 Å². The number of hydrogen-bond acceptors (Lipinski definition) is 6. The molecule has 0 bridgehead atoms. The van der Waals surface area contributed by atoms with Crippen molar-refractivity contribution in [3.05, 3.63) is 60.0 Å². The van der Waals surface area contributed by atoms with Gasteiger partial charge >= 0.3 is 11.8 Å². The monoisotopic (exact) mass is 320 g/mol. The summed E-state index contributed by atoms with van der Waals surface area (Å²) < 4.78 is 10.5. The van der Waals surface area contributed by atoms with Crippen LogP contribution in [0.2, 0.25) is 0 Å². The molecule has 0 atom stereocenters. The van der Waals surface area contributed by atoms with Gasteiger partial charge in [-0.1, -0.05) is 6.07 Å². The molecule has 1 N–H and O–H groups in total. The second-order valence-corrected chi connectivity index (χ2v) is 4.79. The molecule has 0 aliphatic carbocycles. The summed E-state index contributed by atoms with van der Waals surface area (Å²) in [6, 6.07) is 15.5. The lowest BCUT2D eigenvalue weighted by Gasteiger charge is -2.02. The van der Waals surface area contributed by atoms with Crippen molar-refractivity contribution in [2.75, 3.05) is 12.4 Å². The van der Waals surface area contributed by atoms with Crippen molar-refractivity contribution >= 4 is 11.6 Å². The van der Waals surface area contributed by atoms with Gasteiger partial charge in [0.15, 0.2) is 0 Å². The van der Waals surface area contributed by atoms with Crippen LogP contribution in [0.15, 0.2) is 52.9 Å². The molecular formula is C17H12N4O3. The predicted octanol–water partition coefficient (Wildman–Crippen LogP) is 2.87. The minimum atomic E-state index is -0.527. The van der Waals surface area contributed by atoms with Crippen LogP contribution in [0.3, 0.4) is 0 Å². The van der Waals surface area contributed by atoms with Crippen LogP contribution in [-0.2, 0) is 0 Å². The fourth-order valence-corrected chi connectivity index (χ4v) is 2.00. The quantitative estimate of drug-likeness (QED) is 0.793. The van der Waals surface area contributed by atoms with E-state index in [1.54, 1.807) is 55.6 Å². The summed E-state index contributed by atoms with van der Waals surface area (Å²) in [5.41, 5.74) is 1.69. The second-order valence-electron chi connectivity index (χ2n) is 4.79. The summed E-state index contributed by atoms with van der Waals surface area (Å²) in [5.74, 6) is 0.187. The summed E-state index contributed by atoms with van der Waals surface area (Å²) in [6.45, 7) is 0. The number of nitriles is 1. The molecule has 0 saturated carbocycles. The number of amides is 1. The fraction of sp³-hybridized carbons (Fsp3) is 0.0588. The highest BCUT2D eigenvalue weighted by Gasteiger charge is 2.16. The number of methoxy groups -OCH3 is 1. The Balaban J connectivity index is 1.76. The Morgan fingerprint density at radius 2 is 2.00 bits per heavy atom. The smallest absolute Gasteiger partial charge is 0.313 e. The Labute approximate surface area is 137 Å². The maximum absolute atomic E-state index is 12.1. The first-order valence-corrected chi connectivity index (χ1v) is 6.99. The van der Waals surface area contributed by atoms with Crippen LogP contribution in [0.25, 0.3) is 11.5 Å². The van der Waals surface area contributed by atoms with E-state index < -0.39 is 5.91 Å². The van der Waals surface area contributed by atoms with Crippen LogP contribution in [0.5, 0.6) is 5.75 Å². The van der Waals surface area contributed by atoms with Crippen LogP contribution < -0.4 is 10.1 Å². The van der Waals surface area contributed by atoms with E-state index >= 15 is 0 Å². The third kappa shape index (κ3) is 3.23. The lowest BCUT2D eigenvalue weighted by molar-refractivity contribution is 0.0991. The predicted molar refractivity (Wildman–Crippen MR) is 85.4 cm³/mol.